The minimum Gasteiger partial charge on any atom is -0.462 e. The van der Waals surface area contributed by atoms with Gasteiger partial charge >= 0.3 is 17.9 Å². The molecule has 0 aromatic heterocycles. The predicted molar refractivity (Wildman–Crippen MR) is 243 cm³/mol. The molecule has 0 aliphatic heterocycles. The molecule has 338 valence electrons. The highest BCUT2D eigenvalue weighted by atomic mass is 16.6. The normalized spacial score (nSPS) is 11.8. The number of esters is 3. The molecule has 6 nitrogen and oxygen atoms in total. The summed E-state index contributed by atoms with van der Waals surface area (Å²) in [6.45, 7) is 6.60. The maximum atomic E-state index is 12.6. The molecule has 0 heterocycles. The van der Waals surface area contributed by atoms with Crippen molar-refractivity contribution in [3.8, 4) is 0 Å². The van der Waals surface area contributed by atoms with Gasteiger partial charge in [0.25, 0.3) is 0 Å². The van der Waals surface area contributed by atoms with Crippen LogP contribution < -0.4 is 0 Å². The van der Waals surface area contributed by atoms with Crippen LogP contribution in [-0.2, 0) is 28.6 Å². The second-order valence-corrected chi connectivity index (χ2v) is 17.5. The number of unbranched alkanes of at least 4 members (excludes halogenated alkanes) is 36. The Balaban J connectivity index is 4.04. The minimum atomic E-state index is -0.757. The lowest BCUT2D eigenvalue weighted by molar-refractivity contribution is -0.167. The first-order valence-corrected chi connectivity index (χ1v) is 25.5. The molecule has 0 aliphatic rings. The first-order valence-electron chi connectivity index (χ1n) is 25.5. The van der Waals surface area contributed by atoms with Gasteiger partial charge in [-0.2, -0.15) is 0 Å². The fourth-order valence-corrected chi connectivity index (χ4v) is 7.74. The van der Waals surface area contributed by atoms with E-state index in [9.17, 15) is 14.4 Å². The molecule has 1 atom stereocenters. The highest BCUT2D eigenvalue weighted by molar-refractivity contribution is 5.71. The van der Waals surface area contributed by atoms with Crippen molar-refractivity contribution < 1.29 is 28.6 Å². The van der Waals surface area contributed by atoms with E-state index < -0.39 is 6.10 Å². The molecule has 0 unspecified atom stereocenters. The third-order valence-electron chi connectivity index (χ3n) is 11.6. The number of rotatable bonds is 47. The molecule has 0 bridgehead atoms. The SMILES string of the molecule is CCCCCCCCCCCCCCCCCCCCCC(=O)OC[C@@H](COC(=O)CCCCCCCCCCCCCCCCC)OC(=O)CCCCCCC. The van der Waals surface area contributed by atoms with E-state index in [0.717, 1.165) is 64.2 Å². The lowest BCUT2D eigenvalue weighted by atomic mass is 10.0. The van der Waals surface area contributed by atoms with Crippen LogP contribution in [0.15, 0.2) is 0 Å². The van der Waals surface area contributed by atoms with E-state index in [4.69, 9.17) is 14.2 Å². The van der Waals surface area contributed by atoms with Crippen LogP contribution >= 0.6 is 0 Å². The molecule has 0 N–H and O–H groups in total. The highest BCUT2D eigenvalue weighted by Gasteiger charge is 2.19. The monoisotopic (exact) mass is 807 g/mol. The third kappa shape index (κ3) is 45.3. The first-order chi connectivity index (χ1) is 28.0. The van der Waals surface area contributed by atoms with Gasteiger partial charge in [0.05, 0.1) is 0 Å². The van der Waals surface area contributed by atoms with Gasteiger partial charge in [0.2, 0.25) is 0 Å². The molecule has 0 aromatic carbocycles. The zero-order valence-electron chi connectivity index (χ0n) is 38.6. The van der Waals surface area contributed by atoms with E-state index >= 15 is 0 Å². The summed E-state index contributed by atoms with van der Waals surface area (Å²) in [6.07, 6.45) is 49.8. The Morgan fingerprint density at radius 2 is 0.474 bits per heavy atom. The Bertz CT molecular complexity index is 844. The van der Waals surface area contributed by atoms with Crippen LogP contribution in [0.4, 0.5) is 0 Å². The zero-order chi connectivity index (χ0) is 41.5. The van der Waals surface area contributed by atoms with Gasteiger partial charge in [-0.25, -0.2) is 0 Å². The van der Waals surface area contributed by atoms with Crippen molar-refractivity contribution in [3.05, 3.63) is 0 Å². The largest absolute Gasteiger partial charge is 0.462 e. The van der Waals surface area contributed by atoms with E-state index in [1.54, 1.807) is 0 Å². The lowest BCUT2D eigenvalue weighted by Crippen LogP contribution is -2.30. The van der Waals surface area contributed by atoms with E-state index in [1.165, 1.54) is 186 Å². The van der Waals surface area contributed by atoms with Gasteiger partial charge in [-0.3, -0.25) is 14.4 Å². The maximum Gasteiger partial charge on any atom is 0.306 e. The fraction of sp³-hybridized carbons (Fsp3) is 0.941. The second-order valence-electron chi connectivity index (χ2n) is 17.5. The number of ether oxygens (including phenoxy) is 3. The van der Waals surface area contributed by atoms with Crippen molar-refractivity contribution in [3.63, 3.8) is 0 Å². The molecule has 6 heteroatoms. The molecule has 0 saturated heterocycles. The van der Waals surface area contributed by atoms with Gasteiger partial charge in [-0.1, -0.05) is 252 Å². The summed E-state index contributed by atoms with van der Waals surface area (Å²) in [5.74, 6) is -0.859. The topological polar surface area (TPSA) is 78.9 Å². The van der Waals surface area contributed by atoms with Crippen LogP contribution in [0.2, 0.25) is 0 Å². The van der Waals surface area contributed by atoms with Gasteiger partial charge in [-0.05, 0) is 19.3 Å². The highest BCUT2D eigenvalue weighted by Crippen LogP contribution is 2.17. The number of carbonyl (C=O) groups excluding carboxylic acids is 3. The fourth-order valence-electron chi connectivity index (χ4n) is 7.74. The molecule has 0 spiro atoms. The Hall–Kier alpha value is -1.59. The molecule has 0 aliphatic carbocycles. The van der Waals surface area contributed by atoms with E-state index in [0.29, 0.717) is 19.3 Å². The average molecular weight is 807 g/mol. The molecule has 0 aromatic rings. The van der Waals surface area contributed by atoms with Crippen molar-refractivity contribution in [2.45, 2.75) is 297 Å². The van der Waals surface area contributed by atoms with Crippen LogP contribution in [0.1, 0.15) is 290 Å². The molecule has 0 amide bonds. The van der Waals surface area contributed by atoms with Crippen molar-refractivity contribution in [1.29, 1.82) is 0 Å². The average Bonchev–Trinajstić information content (AvgIpc) is 3.21. The number of hydrogen-bond donors (Lipinski definition) is 0. The standard InChI is InChI=1S/C51H98O6/c1-4-7-10-13-15-17-19-21-23-24-25-26-28-30-32-34-36-39-41-44-50(53)56-47-48(57-51(54)45-42-37-12-9-6-3)46-55-49(52)43-40-38-35-33-31-29-27-22-20-18-16-14-11-8-5-2/h48H,4-47H2,1-3H3/t48-/m1/s1. The van der Waals surface area contributed by atoms with Crippen molar-refractivity contribution in [2.24, 2.45) is 0 Å². The molecule has 57 heavy (non-hydrogen) atoms. The third-order valence-corrected chi connectivity index (χ3v) is 11.6. The molecule has 0 rings (SSSR count). The van der Waals surface area contributed by atoms with Gasteiger partial charge in [-0.15, -0.1) is 0 Å². The van der Waals surface area contributed by atoms with E-state index in [2.05, 4.69) is 20.8 Å². The molecular weight excluding hydrogens is 709 g/mol. The predicted octanol–water partition coefficient (Wildman–Crippen LogP) is 16.4. The number of carbonyl (C=O) groups is 3. The summed E-state index contributed by atoms with van der Waals surface area (Å²) >= 11 is 0. The van der Waals surface area contributed by atoms with Gasteiger partial charge in [0.1, 0.15) is 13.2 Å². The molecular formula is C51H98O6. The molecule has 0 saturated carbocycles. The number of hydrogen-bond acceptors (Lipinski definition) is 6. The molecule has 0 fully saturated rings. The van der Waals surface area contributed by atoms with Crippen LogP contribution in [0.3, 0.4) is 0 Å². The van der Waals surface area contributed by atoms with E-state index in [1.807, 2.05) is 0 Å². The zero-order valence-corrected chi connectivity index (χ0v) is 38.6. The van der Waals surface area contributed by atoms with Gasteiger partial charge in [0, 0.05) is 19.3 Å². The van der Waals surface area contributed by atoms with Crippen LogP contribution in [0.25, 0.3) is 0 Å². The van der Waals surface area contributed by atoms with Crippen LogP contribution in [0, 0.1) is 0 Å². The summed E-state index contributed by atoms with van der Waals surface area (Å²) in [5.41, 5.74) is 0. The maximum absolute atomic E-state index is 12.6. The Labute approximate surface area is 355 Å². The summed E-state index contributed by atoms with van der Waals surface area (Å²) < 4.78 is 16.7. The summed E-state index contributed by atoms with van der Waals surface area (Å²) in [5, 5.41) is 0. The quantitative estimate of drug-likeness (QED) is 0.0346. The summed E-state index contributed by atoms with van der Waals surface area (Å²) in [6, 6.07) is 0. The first kappa shape index (κ1) is 55.4. The van der Waals surface area contributed by atoms with E-state index in [-0.39, 0.29) is 31.1 Å². The molecule has 0 radical (unpaired) electrons. The Morgan fingerprint density at radius 1 is 0.281 bits per heavy atom. The van der Waals surface area contributed by atoms with Crippen LogP contribution in [-0.4, -0.2) is 37.2 Å². The van der Waals surface area contributed by atoms with Crippen molar-refractivity contribution in [1.82, 2.24) is 0 Å². The van der Waals surface area contributed by atoms with Gasteiger partial charge < -0.3 is 14.2 Å². The summed E-state index contributed by atoms with van der Waals surface area (Å²) in [4.78, 5) is 37.6. The Kier molecular flexibility index (Phi) is 45.8. The van der Waals surface area contributed by atoms with Crippen LogP contribution in [0.5, 0.6) is 0 Å². The lowest BCUT2D eigenvalue weighted by Gasteiger charge is -2.18. The Morgan fingerprint density at radius 3 is 0.702 bits per heavy atom. The van der Waals surface area contributed by atoms with Crippen molar-refractivity contribution in [2.75, 3.05) is 13.2 Å². The summed E-state index contributed by atoms with van der Waals surface area (Å²) in [7, 11) is 0. The smallest absolute Gasteiger partial charge is 0.306 e. The minimum absolute atomic E-state index is 0.0637. The van der Waals surface area contributed by atoms with Gasteiger partial charge in [0.15, 0.2) is 6.10 Å². The second kappa shape index (κ2) is 47.1. The van der Waals surface area contributed by atoms with Crippen molar-refractivity contribution >= 4 is 17.9 Å².